The van der Waals surface area contributed by atoms with Gasteiger partial charge in [-0.25, -0.2) is 4.98 Å². The van der Waals surface area contributed by atoms with Gasteiger partial charge < -0.3 is 20.5 Å². The molecule has 2 aromatic rings. The topological polar surface area (TPSA) is 96.4 Å². The minimum Gasteiger partial charge on any atom is -0.394 e. The van der Waals surface area contributed by atoms with Gasteiger partial charge in [0.25, 0.3) is 0 Å². The van der Waals surface area contributed by atoms with E-state index in [2.05, 4.69) is 41.3 Å². The van der Waals surface area contributed by atoms with Crippen LogP contribution in [-0.2, 0) is 4.74 Å². The molecular weight excluding hydrogens is 400 g/mol. The third-order valence-electron chi connectivity index (χ3n) is 3.40. The van der Waals surface area contributed by atoms with E-state index in [0.717, 1.165) is 28.4 Å². The average Bonchev–Trinajstić information content (AvgIpc) is 2.64. The second-order valence-electron chi connectivity index (χ2n) is 5.54. The predicted molar refractivity (Wildman–Crippen MR) is 107 cm³/mol. The summed E-state index contributed by atoms with van der Waals surface area (Å²) in [6, 6.07) is 5.29. The first-order valence-electron chi connectivity index (χ1n) is 8.11. The summed E-state index contributed by atoms with van der Waals surface area (Å²) in [4.78, 5) is 19.7. The molecule has 1 atom stereocenters. The number of anilines is 3. The number of hydrogen-bond donors (Lipinski definition) is 3. The van der Waals surface area contributed by atoms with Crippen molar-refractivity contribution < 1.29 is 14.6 Å². The standard InChI is InChI=1S/C16H19BrN4O2.C2H6O/c1-3-12(9-23)19-15-10(2)7-18-16(21-15)20-13-4-5-14(17)11(6-13)8-22;1-3-2/h4-8,12,23H,3,9H2,1-2H3,(H2,18,19,20,21);1-2H3. The number of nitrogens with zero attached hydrogens (tertiary/aromatic N) is 2. The number of aryl methyl sites for hydroxylation is 1. The Bertz CT molecular complexity index is 709. The van der Waals surface area contributed by atoms with E-state index in [9.17, 15) is 9.90 Å². The Morgan fingerprint density at radius 2 is 2.08 bits per heavy atom. The highest BCUT2D eigenvalue weighted by molar-refractivity contribution is 9.10. The summed E-state index contributed by atoms with van der Waals surface area (Å²) in [6.45, 7) is 3.94. The fraction of sp³-hybridized carbons (Fsp3) is 0.389. The van der Waals surface area contributed by atoms with Crippen molar-refractivity contribution in [3.8, 4) is 0 Å². The number of hydrogen-bond acceptors (Lipinski definition) is 7. The second kappa shape index (κ2) is 11.6. The summed E-state index contributed by atoms with van der Waals surface area (Å²) >= 11 is 3.32. The lowest BCUT2D eigenvalue weighted by atomic mass is 10.2. The molecular formula is C18H25BrN4O3. The summed E-state index contributed by atoms with van der Waals surface area (Å²) in [5.74, 6) is 1.10. The minimum atomic E-state index is -0.0502. The Hall–Kier alpha value is -2.03. The number of ether oxygens (including phenoxy) is 1. The van der Waals surface area contributed by atoms with Gasteiger partial charge in [-0.05, 0) is 31.5 Å². The van der Waals surface area contributed by atoms with E-state index >= 15 is 0 Å². The molecule has 1 aromatic carbocycles. The molecule has 1 heterocycles. The van der Waals surface area contributed by atoms with Crippen molar-refractivity contribution in [1.29, 1.82) is 0 Å². The molecule has 0 aliphatic carbocycles. The Labute approximate surface area is 162 Å². The van der Waals surface area contributed by atoms with Gasteiger partial charge in [-0.3, -0.25) is 4.79 Å². The summed E-state index contributed by atoms with van der Waals surface area (Å²) < 4.78 is 4.99. The first kappa shape index (κ1) is 22.0. The second-order valence-corrected chi connectivity index (χ2v) is 6.40. The number of rotatable bonds is 7. The third-order valence-corrected chi connectivity index (χ3v) is 4.13. The molecule has 7 nitrogen and oxygen atoms in total. The van der Waals surface area contributed by atoms with Gasteiger partial charge in [0.1, 0.15) is 5.82 Å². The maximum atomic E-state index is 11.0. The van der Waals surface area contributed by atoms with Gasteiger partial charge in [0, 0.05) is 41.7 Å². The van der Waals surface area contributed by atoms with Gasteiger partial charge in [-0.2, -0.15) is 4.98 Å². The molecule has 26 heavy (non-hydrogen) atoms. The van der Waals surface area contributed by atoms with Crippen molar-refractivity contribution in [1.82, 2.24) is 9.97 Å². The van der Waals surface area contributed by atoms with Crippen LogP contribution in [0.15, 0.2) is 28.9 Å². The molecule has 0 saturated heterocycles. The SMILES string of the molecule is CCC(CO)Nc1nc(Nc2ccc(Br)c(C=O)c2)ncc1C.COC. The summed E-state index contributed by atoms with van der Waals surface area (Å²) in [5, 5.41) is 15.6. The number of benzene rings is 1. The van der Waals surface area contributed by atoms with Crippen molar-refractivity contribution in [3.05, 3.63) is 40.0 Å². The minimum absolute atomic E-state index is 0.0398. The zero-order valence-corrected chi connectivity index (χ0v) is 17.0. The monoisotopic (exact) mass is 424 g/mol. The molecule has 0 amide bonds. The van der Waals surface area contributed by atoms with E-state index in [1.807, 2.05) is 19.9 Å². The molecule has 8 heteroatoms. The fourth-order valence-electron chi connectivity index (χ4n) is 1.96. The van der Waals surface area contributed by atoms with E-state index in [4.69, 9.17) is 0 Å². The number of aliphatic hydroxyl groups is 1. The number of carbonyl (C=O) groups excluding carboxylic acids is 1. The number of halogens is 1. The molecule has 142 valence electrons. The number of aromatic nitrogens is 2. The summed E-state index contributed by atoms with van der Waals surface area (Å²) in [5.41, 5.74) is 2.16. The van der Waals surface area contributed by atoms with Crippen LogP contribution in [0.25, 0.3) is 0 Å². The average molecular weight is 425 g/mol. The van der Waals surface area contributed by atoms with E-state index in [-0.39, 0.29) is 12.6 Å². The number of nitrogens with one attached hydrogen (secondary N) is 2. The van der Waals surface area contributed by atoms with Crippen LogP contribution in [0.4, 0.5) is 17.5 Å². The molecule has 1 unspecified atom stereocenters. The van der Waals surface area contributed by atoms with Gasteiger partial charge in [0.15, 0.2) is 6.29 Å². The molecule has 1 aromatic heterocycles. The van der Waals surface area contributed by atoms with Crippen LogP contribution in [0.3, 0.4) is 0 Å². The van der Waals surface area contributed by atoms with E-state index < -0.39 is 0 Å². The Balaban J connectivity index is 0.00000105. The van der Waals surface area contributed by atoms with E-state index in [1.54, 1.807) is 32.5 Å². The summed E-state index contributed by atoms with van der Waals surface area (Å²) in [7, 11) is 3.25. The normalized spacial score (nSPS) is 11.2. The third kappa shape index (κ3) is 6.70. The van der Waals surface area contributed by atoms with Gasteiger partial charge in [-0.15, -0.1) is 0 Å². The van der Waals surface area contributed by atoms with Crippen molar-refractivity contribution in [2.45, 2.75) is 26.3 Å². The smallest absolute Gasteiger partial charge is 0.229 e. The largest absolute Gasteiger partial charge is 0.394 e. The Kier molecular flexibility index (Phi) is 9.79. The molecule has 0 aliphatic heterocycles. The zero-order valence-electron chi connectivity index (χ0n) is 15.4. The Morgan fingerprint density at radius 1 is 1.38 bits per heavy atom. The zero-order chi connectivity index (χ0) is 19.5. The first-order valence-corrected chi connectivity index (χ1v) is 8.91. The van der Waals surface area contributed by atoms with Crippen molar-refractivity contribution in [2.24, 2.45) is 0 Å². The van der Waals surface area contributed by atoms with Gasteiger partial charge in [-0.1, -0.05) is 22.9 Å². The molecule has 0 radical (unpaired) electrons. The van der Waals surface area contributed by atoms with Crippen LogP contribution in [0.1, 0.15) is 29.3 Å². The van der Waals surface area contributed by atoms with Crippen LogP contribution in [0.5, 0.6) is 0 Å². The molecule has 2 rings (SSSR count). The molecule has 0 fully saturated rings. The van der Waals surface area contributed by atoms with Crippen molar-refractivity contribution in [3.63, 3.8) is 0 Å². The lowest BCUT2D eigenvalue weighted by Crippen LogP contribution is -2.24. The van der Waals surface area contributed by atoms with Gasteiger partial charge >= 0.3 is 0 Å². The highest BCUT2D eigenvalue weighted by atomic mass is 79.9. The molecule has 0 bridgehead atoms. The lowest BCUT2D eigenvalue weighted by molar-refractivity contribution is 0.112. The van der Waals surface area contributed by atoms with Crippen LogP contribution in [0.2, 0.25) is 0 Å². The highest BCUT2D eigenvalue weighted by Crippen LogP contribution is 2.22. The van der Waals surface area contributed by atoms with Crippen LogP contribution in [-0.4, -0.2) is 48.2 Å². The van der Waals surface area contributed by atoms with Crippen molar-refractivity contribution >= 4 is 39.7 Å². The maximum absolute atomic E-state index is 11.0. The molecule has 0 saturated carbocycles. The highest BCUT2D eigenvalue weighted by Gasteiger charge is 2.10. The maximum Gasteiger partial charge on any atom is 0.229 e. The molecule has 0 spiro atoms. The van der Waals surface area contributed by atoms with E-state index in [0.29, 0.717) is 17.3 Å². The lowest BCUT2D eigenvalue weighted by Gasteiger charge is -2.17. The number of aldehydes is 1. The van der Waals surface area contributed by atoms with E-state index in [1.165, 1.54) is 0 Å². The van der Waals surface area contributed by atoms with Crippen LogP contribution in [0, 0.1) is 6.92 Å². The van der Waals surface area contributed by atoms with Crippen LogP contribution < -0.4 is 10.6 Å². The number of aliphatic hydroxyl groups excluding tert-OH is 1. The summed E-state index contributed by atoms with van der Waals surface area (Å²) in [6.07, 6.45) is 3.28. The fourth-order valence-corrected chi connectivity index (χ4v) is 2.30. The number of methoxy groups -OCH3 is 1. The van der Waals surface area contributed by atoms with Gasteiger partial charge in [0.2, 0.25) is 5.95 Å². The quantitative estimate of drug-likeness (QED) is 0.584. The molecule has 0 aliphatic rings. The molecule has 3 N–H and O–H groups in total. The van der Waals surface area contributed by atoms with Gasteiger partial charge in [0.05, 0.1) is 12.6 Å². The predicted octanol–water partition coefficient (Wildman–Crippen LogP) is 3.55. The first-order chi connectivity index (χ1) is 12.5. The van der Waals surface area contributed by atoms with Crippen LogP contribution >= 0.6 is 15.9 Å². The van der Waals surface area contributed by atoms with Crippen molar-refractivity contribution in [2.75, 3.05) is 31.5 Å². The Morgan fingerprint density at radius 3 is 2.65 bits per heavy atom. The number of carbonyl (C=O) groups is 1.